The molecule has 0 aliphatic rings. The van der Waals surface area contributed by atoms with Crippen molar-refractivity contribution < 1.29 is 13.2 Å². The Balaban J connectivity index is 1.60. The van der Waals surface area contributed by atoms with Gasteiger partial charge in [-0.15, -0.1) is 0 Å². The zero-order valence-electron chi connectivity index (χ0n) is 18.2. The van der Waals surface area contributed by atoms with Gasteiger partial charge in [0.25, 0.3) is 0 Å². The lowest BCUT2D eigenvalue weighted by atomic mass is 10.2. The Morgan fingerprint density at radius 2 is 1.73 bits per heavy atom. The van der Waals surface area contributed by atoms with E-state index >= 15 is 0 Å². The van der Waals surface area contributed by atoms with Crippen molar-refractivity contribution in [1.82, 2.24) is 19.9 Å². The Labute approximate surface area is 190 Å². The third-order valence-corrected chi connectivity index (χ3v) is 6.16. The lowest BCUT2D eigenvalue weighted by molar-refractivity contribution is 0.245. The topological polar surface area (TPSA) is 144 Å². The summed E-state index contributed by atoms with van der Waals surface area (Å²) in [5, 5.41) is 15.1. The molecule has 10 nitrogen and oxygen atoms in total. The lowest BCUT2D eigenvalue weighted by Gasteiger charge is -2.12. The van der Waals surface area contributed by atoms with Crippen molar-refractivity contribution in [2.75, 3.05) is 17.7 Å². The molecular formula is C22H23N7O3S. The van der Waals surface area contributed by atoms with Crippen LogP contribution in [0.2, 0.25) is 0 Å². The van der Waals surface area contributed by atoms with E-state index in [1.807, 2.05) is 31.2 Å². The number of amides is 1. The number of nitrogens with two attached hydrogens (primary N) is 1. The normalized spacial score (nSPS) is 11.4. The molecule has 0 atom stereocenters. The van der Waals surface area contributed by atoms with Gasteiger partial charge in [0.05, 0.1) is 10.4 Å². The van der Waals surface area contributed by atoms with Crippen molar-refractivity contribution in [3.05, 3.63) is 66.0 Å². The Kier molecular flexibility index (Phi) is 5.75. The van der Waals surface area contributed by atoms with Crippen LogP contribution in [0.5, 0.6) is 0 Å². The summed E-state index contributed by atoms with van der Waals surface area (Å²) in [4.78, 5) is 20.8. The maximum absolute atomic E-state index is 12.0. The quantitative estimate of drug-likeness (QED) is 0.354. The largest absolute Gasteiger partial charge is 0.340 e. The molecule has 4 aromatic rings. The number of fused-ring (bicyclic) bond motifs is 1. The molecule has 0 saturated carbocycles. The molecule has 0 aliphatic heterocycles. The van der Waals surface area contributed by atoms with Crippen LogP contribution in [0.1, 0.15) is 11.1 Å². The summed E-state index contributed by atoms with van der Waals surface area (Å²) in [5.41, 5.74) is 3.44. The molecule has 0 bridgehead atoms. The van der Waals surface area contributed by atoms with Crippen LogP contribution in [0.4, 0.5) is 27.9 Å². The molecule has 4 rings (SSSR count). The average molecular weight is 466 g/mol. The van der Waals surface area contributed by atoms with E-state index in [9.17, 15) is 13.2 Å². The number of hydrogen-bond donors (Lipinski definition) is 4. The summed E-state index contributed by atoms with van der Waals surface area (Å²) in [5.74, 6) is 0.871. The second-order valence-electron chi connectivity index (χ2n) is 7.52. The minimum absolute atomic E-state index is 0.0370. The van der Waals surface area contributed by atoms with Crippen molar-refractivity contribution in [3.63, 3.8) is 0 Å². The number of aromatic nitrogens is 3. The summed E-state index contributed by atoms with van der Waals surface area (Å²) in [7, 11) is -2.26. The first-order chi connectivity index (χ1) is 15.7. The summed E-state index contributed by atoms with van der Waals surface area (Å²) in [6.45, 7) is 3.55. The van der Waals surface area contributed by atoms with E-state index in [1.54, 1.807) is 38.5 Å². The lowest BCUT2D eigenvalue weighted by Crippen LogP contribution is -2.23. The van der Waals surface area contributed by atoms with Crippen molar-refractivity contribution in [3.8, 4) is 0 Å². The van der Waals surface area contributed by atoms with E-state index in [2.05, 4.69) is 25.9 Å². The Bertz CT molecular complexity index is 1480. The molecular weight excluding hydrogens is 442 g/mol. The number of nitrogens with zero attached hydrogens (tertiary/aromatic N) is 3. The Morgan fingerprint density at radius 1 is 1.00 bits per heavy atom. The first-order valence-corrected chi connectivity index (χ1v) is 11.5. The molecule has 2 aromatic carbocycles. The Morgan fingerprint density at radius 3 is 2.45 bits per heavy atom. The number of carbonyl (C=O) groups is 1. The fourth-order valence-corrected chi connectivity index (χ4v) is 4.20. The smallest absolute Gasteiger partial charge is 0.325 e. The van der Waals surface area contributed by atoms with E-state index in [-0.39, 0.29) is 10.9 Å². The predicted molar refractivity (Wildman–Crippen MR) is 128 cm³/mol. The molecule has 0 unspecified atom stereocenters. The molecule has 1 amide bonds. The standard InChI is InChI=1S/C22H23N7O3S/c1-13-4-5-17(11-19(13)33(23,31)32)27-21-25-12-14(2)20(28-21)26-16-6-7-18-15(10-16)8-9-29(18)22(30)24-3/h4-12H,1-3H3,(H,24,30)(H2,23,31,32)(H2,25,26,27,28). The van der Waals surface area contributed by atoms with Crippen molar-refractivity contribution in [2.45, 2.75) is 18.7 Å². The fourth-order valence-electron chi connectivity index (χ4n) is 3.40. The van der Waals surface area contributed by atoms with Gasteiger partial charge in [0.1, 0.15) is 5.82 Å². The SMILES string of the molecule is CNC(=O)n1ccc2cc(Nc3nc(Nc4ccc(C)c(S(N)(=O)=O)c4)ncc3C)ccc21. The summed E-state index contributed by atoms with van der Waals surface area (Å²) in [6, 6.07) is 12.1. The van der Waals surface area contributed by atoms with Gasteiger partial charge < -0.3 is 16.0 Å². The highest BCUT2D eigenvalue weighted by Gasteiger charge is 2.13. The number of rotatable bonds is 5. The monoisotopic (exact) mass is 465 g/mol. The van der Waals surface area contributed by atoms with Crippen LogP contribution in [0.15, 0.2) is 59.8 Å². The van der Waals surface area contributed by atoms with E-state index in [4.69, 9.17) is 5.14 Å². The van der Waals surface area contributed by atoms with Crippen LogP contribution in [0, 0.1) is 13.8 Å². The highest BCUT2D eigenvalue weighted by molar-refractivity contribution is 7.89. The second-order valence-corrected chi connectivity index (χ2v) is 9.04. The van der Waals surface area contributed by atoms with Gasteiger partial charge in [-0.1, -0.05) is 6.07 Å². The number of nitrogens with one attached hydrogen (secondary N) is 3. The first kappa shape index (κ1) is 22.2. The van der Waals surface area contributed by atoms with Crippen molar-refractivity contribution >= 4 is 50.1 Å². The van der Waals surface area contributed by atoms with Gasteiger partial charge in [-0.2, -0.15) is 4.98 Å². The van der Waals surface area contributed by atoms with Gasteiger partial charge in [0.15, 0.2) is 0 Å². The maximum Gasteiger partial charge on any atom is 0.325 e. The van der Waals surface area contributed by atoms with Crippen LogP contribution in [0.3, 0.4) is 0 Å². The third-order valence-electron chi connectivity index (χ3n) is 5.11. The highest BCUT2D eigenvalue weighted by Crippen LogP contribution is 2.26. The Hall–Kier alpha value is -3.96. The molecule has 5 N–H and O–H groups in total. The van der Waals surface area contributed by atoms with Gasteiger partial charge in [-0.05, 0) is 55.8 Å². The third kappa shape index (κ3) is 4.64. The van der Waals surface area contributed by atoms with Crippen LogP contribution >= 0.6 is 0 Å². The van der Waals surface area contributed by atoms with Gasteiger partial charge >= 0.3 is 6.03 Å². The van der Waals surface area contributed by atoms with Gasteiger partial charge in [-0.25, -0.2) is 23.3 Å². The van der Waals surface area contributed by atoms with Crippen LogP contribution in [-0.4, -0.2) is 36.0 Å². The van der Waals surface area contributed by atoms with Gasteiger partial charge in [-0.3, -0.25) is 4.57 Å². The maximum atomic E-state index is 12.0. The minimum Gasteiger partial charge on any atom is -0.340 e. The van der Waals surface area contributed by atoms with E-state index in [0.717, 1.165) is 22.2 Å². The van der Waals surface area contributed by atoms with Crippen molar-refractivity contribution in [1.29, 1.82) is 0 Å². The number of benzene rings is 2. The zero-order valence-corrected chi connectivity index (χ0v) is 19.1. The molecule has 33 heavy (non-hydrogen) atoms. The molecule has 0 fully saturated rings. The molecule has 2 aromatic heterocycles. The second kappa shape index (κ2) is 8.52. The molecule has 0 saturated heterocycles. The summed E-state index contributed by atoms with van der Waals surface area (Å²) in [6.07, 6.45) is 3.37. The number of primary sulfonamides is 1. The van der Waals surface area contributed by atoms with Crippen LogP contribution in [-0.2, 0) is 10.0 Å². The van der Waals surface area contributed by atoms with E-state index < -0.39 is 10.0 Å². The van der Waals surface area contributed by atoms with Crippen LogP contribution in [0.25, 0.3) is 10.9 Å². The van der Waals surface area contributed by atoms with Gasteiger partial charge in [0, 0.05) is 41.8 Å². The van der Waals surface area contributed by atoms with Crippen molar-refractivity contribution in [2.24, 2.45) is 5.14 Å². The predicted octanol–water partition coefficient (Wildman–Crippen LogP) is 3.37. The first-order valence-electron chi connectivity index (χ1n) is 10.00. The number of sulfonamides is 1. The summed E-state index contributed by atoms with van der Waals surface area (Å²) >= 11 is 0. The fraction of sp³-hybridized carbons (Fsp3) is 0.136. The zero-order chi connectivity index (χ0) is 23.8. The van der Waals surface area contributed by atoms with E-state index in [0.29, 0.717) is 23.0 Å². The molecule has 0 radical (unpaired) electrons. The summed E-state index contributed by atoms with van der Waals surface area (Å²) < 4.78 is 25.1. The minimum atomic E-state index is -3.85. The van der Waals surface area contributed by atoms with E-state index in [1.165, 1.54) is 10.6 Å². The molecule has 170 valence electrons. The molecule has 0 aliphatic carbocycles. The molecule has 11 heteroatoms. The average Bonchev–Trinajstić information content (AvgIpc) is 3.19. The number of anilines is 4. The number of hydrogen-bond acceptors (Lipinski definition) is 7. The molecule has 0 spiro atoms. The molecule has 2 heterocycles. The number of aryl methyl sites for hydroxylation is 2. The van der Waals surface area contributed by atoms with Gasteiger partial charge in [0.2, 0.25) is 16.0 Å². The number of carbonyl (C=O) groups excluding carboxylic acids is 1. The highest BCUT2D eigenvalue weighted by atomic mass is 32.2. The van der Waals surface area contributed by atoms with Crippen LogP contribution < -0.4 is 21.1 Å².